The third-order valence-electron chi connectivity index (χ3n) is 3.38. The van der Waals surface area contributed by atoms with Gasteiger partial charge in [-0.2, -0.15) is 0 Å². The first-order valence-corrected chi connectivity index (χ1v) is 7.30. The number of hydrogen-bond acceptors (Lipinski definition) is 2. The van der Waals surface area contributed by atoms with Crippen LogP contribution in [0.5, 0.6) is 5.75 Å². The number of phenolic OH excluding ortho intramolecular Hbond substituents is 1. The smallest absolute Gasteiger partial charge is 0.192 e. The summed E-state index contributed by atoms with van der Waals surface area (Å²) in [5, 5.41) is 9.87. The van der Waals surface area contributed by atoms with E-state index in [0.29, 0.717) is 5.56 Å². The fourth-order valence-electron chi connectivity index (χ4n) is 2.21. The summed E-state index contributed by atoms with van der Waals surface area (Å²) in [6.07, 6.45) is 4.63. The summed E-state index contributed by atoms with van der Waals surface area (Å²) in [6, 6.07) is 16.5. The Bertz CT molecular complexity index is 627. The number of hydrogen-bond donors (Lipinski definition) is 1. The van der Waals surface area contributed by atoms with Gasteiger partial charge in [-0.1, -0.05) is 55.8 Å². The lowest BCUT2D eigenvalue weighted by Crippen LogP contribution is -2.04. The van der Waals surface area contributed by atoms with Crippen LogP contribution in [0.4, 0.5) is 0 Å². The van der Waals surface area contributed by atoms with Crippen molar-refractivity contribution in [3.05, 3.63) is 71.3 Å². The van der Waals surface area contributed by atoms with Crippen molar-refractivity contribution in [2.24, 2.45) is 0 Å². The third kappa shape index (κ3) is 4.06. The summed E-state index contributed by atoms with van der Waals surface area (Å²) < 4.78 is 0. The second-order valence-corrected chi connectivity index (χ2v) is 5.03. The van der Waals surface area contributed by atoms with Crippen LogP contribution in [0.15, 0.2) is 60.2 Å². The van der Waals surface area contributed by atoms with Gasteiger partial charge in [0.1, 0.15) is 5.75 Å². The number of para-hydroxylation sites is 1. The Kier molecular flexibility index (Phi) is 5.33. The molecule has 0 aliphatic carbocycles. The van der Waals surface area contributed by atoms with Crippen molar-refractivity contribution in [3.8, 4) is 5.75 Å². The molecule has 0 amide bonds. The summed E-state index contributed by atoms with van der Waals surface area (Å²) in [5.41, 5.74) is 2.12. The van der Waals surface area contributed by atoms with Gasteiger partial charge < -0.3 is 5.11 Å². The summed E-state index contributed by atoms with van der Waals surface area (Å²) in [7, 11) is 0. The Balaban J connectivity index is 2.34. The van der Waals surface area contributed by atoms with E-state index in [1.165, 1.54) is 0 Å². The zero-order chi connectivity index (χ0) is 15.1. The van der Waals surface area contributed by atoms with E-state index in [1.807, 2.05) is 36.4 Å². The van der Waals surface area contributed by atoms with E-state index in [-0.39, 0.29) is 11.5 Å². The quantitative estimate of drug-likeness (QED) is 0.606. The fraction of sp³-hybridized carbons (Fsp3) is 0.211. The minimum atomic E-state index is -0.0922. The van der Waals surface area contributed by atoms with Gasteiger partial charge in [0.15, 0.2) is 5.78 Å². The number of aromatic hydroxyl groups is 1. The molecule has 108 valence electrons. The van der Waals surface area contributed by atoms with Gasteiger partial charge in [0.25, 0.3) is 0 Å². The van der Waals surface area contributed by atoms with Crippen molar-refractivity contribution in [2.75, 3.05) is 0 Å². The minimum Gasteiger partial charge on any atom is -0.507 e. The number of Topliss-reactive ketones (excluding diaryl/α,β-unsaturated/α-hetero) is 1. The van der Waals surface area contributed by atoms with Crippen molar-refractivity contribution in [3.63, 3.8) is 0 Å². The largest absolute Gasteiger partial charge is 0.507 e. The number of benzene rings is 2. The average Bonchev–Trinajstić information content (AvgIpc) is 2.52. The topological polar surface area (TPSA) is 37.3 Å². The predicted molar refractivity (Wildman–Crippen MR) is 86.4 cm³/mol. The van der Waals surface area contributed by atoms with Gasteiger partial charge >= 0.3 is 0 Å². The van der Waals surface area contributed by atoms with Gasteiger partial charge in [-0.15, -0.1) is 0 Å². The molecule has 0 radical (unpaired) electrons. The standard InChI is InChI=1S/C19H20O2/c1-2-3-11-16(14-15-9-5-4-6-10-15)19(21)17-12-7-8-13-18(17)20/h4-10,12-14,20H,2-3,11H2,1H3. The van der Waals surface area contributed by atoms with Crippen molar-refractivity contribution in [2.45, 2.75) is 26.2 Å². The number of phenols is 1. The van der Waals surface area contributed by atoms with Crippen LogP contribution in [0.3, 0.4) is 0 Å². The van der Waals surface area contributed by atoms with Crippen molar-refractivity contribution < 1.29 is 9.90 Å². The Morgan fingerprint density at radius 3 is 2.38 bits per heavy atom. The van der Waals surface area contributed by atoms with Crippen LogP contribution in [-0.4, -0.2) is 10.9 Å². The summed E-state index contributed by atoms with van der Waals surface area (Å²) in [5.74, 6) is -0.0524. The number of rotatable bonds is 6. The molecule has 0 aromatic heterocycles. The average molecular weight is 280 g/mol. The zero-order valence-corrected chi connectivity index (χ0v) is 12.3. The molecule has 2 aromatic carbocycles. The second kappa shape index (κ2) is 7.44. The predicted octanol–water partition coefficient (Wildman–Crippen LogP) is 4.85. The summed E-state index contributed by atoms with van der Waals surface area (Å²) in [6.45, 7) is 2.10. The highest BCUT2D eigenvalue weighted by molar-refractivity contribution is 6.12. The Morgan fingerprint density at radius 2 is 1.71 bits per heavy atom. The molecule has 0 saturated heterocycles. The lowest BCUT2D eigenvalue weighted by molar-refractivity contribution is 0.102. The molecule has 2 aromatic rings. The van der Waals surface area contributed by atoms with Crippen molar-refractivity contribution >= 4 is 11.9 Å². The molecule has 0 fully saturated rings. The van der Waals surface area contributed by atoms with Gasteiger partial charge in [0.2, 0.25) is 0 Å². The monoisotopic (exact) mass is 280 g/mol. The first-order valence-electron chi connectivity index (χ1n) is 7.30. The zero-order valence-electron chi connectivity index (χ0n) is 12.3. The molecule has 0 heterocycles. The van der Waals surface area contributed by atoms with Crippen LogP contribution in [0.2, 0.25) is 0 Å². The molecule has 2 rings (SSSR count). The van der Waals surface area contributed by atoms with Crippen LogP contribution in [0.1, 0.15) is 42.1 Å². The van der Waals surface area contributed by atoms with Crippen LogP contribution in [-0.2, 0) is 0 Å². The molecule has 0 saturated carbocycles. The molecule has 2 heteroatoms. The van der Waals surface area contributed by atoms with E-state index in [1.54, 1.807) is 24.3 Å². The lowest BCUT2D eigenvalue weighted by atomic mass is 9.96. The molecular weight excluding hydrogens is 260 g/mol. The van der Waals surface area contributed by atoms with Crippen LogP contribution >= 0.6 is 0 Å². The van der Waals surface area contributed by atoms with Gasteiger partial charge in [0, 0.05) is 5.57 Å². The van der Waals surface area contributed by atoms with Crippen molar-refractivity contribution in [1.29, 1.82) is 0 Å². The Labute approximate surface area is 125 Å². The van der Waals surface area contributed by atoms with Gasteiger partial charge in [-0.25, -0.2) is 0 Å². The van der Waals surface area contributed by atoms with Crippen LogP contribution in [0.25, 0.3) is 6.08 Å². The summed E-state index contributed by atoms with van der Waals surface area (Å²) >= 11 is 0. The van der Waals surface area contributed by atoms with Gasteiger partial charge in [-0.3, -0.25) is 4.79 Å². The Morgan fingerprint density at radius 1 is 1.05 bits per heavy atom. The maximum absolute atomic E-state index is 12.6. The summed E-state index contributed by atoms with van der Waals surface area (Å²) in [4.78, 5) is 12.6. The highest BCUT2D eigenvalue weighted by Gasteiger charge is 2.15. The van der Waals surface area contributed by atoms with E-state index < -0.39 is 0 Å². The third-order valence-corrected chi connectivity index (χ3v) is 3.38. The molecule has 0 bridgehead atoms. The molecule has 21 heavy (non-hydrogen) atoms. The highest BCUT2D eigenvalue weighted by Crippen LogP contribution is 2.23. The number of carbonyl (C=O) groups excluding carboxylic acids is 1. The molecular formula is C19H20O2. The number of unbranched alkanes of at least 4 members (excludes halogenated alkanes) is 1. The van der Waals surface area contributed by atoms with E-state index in [0.717, 1.165) is 30.4 Å². The van der Waals surface area contributed by atoms with Crippen LogP contribution in [0, 0.1) is 0 Å². The Hall–Kier alpha value is -2.35. The number of carbonyl (C=O) groups is 1. The SMILES string of the molecule is CCCCC(=Cc1ccccc1)C(=O)c1ccccc1O. The van der Waals surface area contributed by atoms with E-state index in [4.69, 9.17) is 0 Å². The van der Waals surface area contributed by atoms with Gasteiger partial charge in [0.05, 0.1) is 5.56 Å². The molecule has 0 spiro atoms. The maximum atomic E-state index is 12.6. The first kappa shape index (κ1) is 15.0. The van der Waals surface area contributed by atoms with E-state index in [9.17, 15) is 9.90 Å². The van der Waals surface area contributed by atoms with Gasteiger partial charge in [-0.05, 0) is 36.6 Å². The minimum absolute atomic E-state index is 0.0398. The normalized spacial score (nSPS) is 11.4. The molecule has 0 atom stereocenters. The second-order valence-electron chi connectivity index (χ2n) is 5.03. The molecule has 1 N–H and O–H groups in total. The molecule has 2 nitrogen and oxygen atoms in total. The number of allylic oxidation sites excluding steroid dienone is 1. The van der Waals surface area contributed by atoms with Crippen LogP contribution < -0.4 is 0 Å². The maximum Gasteiger partial charge on any atom is 0.192 e. The first-order chi connectivity index (χ1) is 10.2. The lowest BCUT2D eigenvalue weighted by Gasteiger charge is -2.08. The van der Waals surface area contributed by atoms with Crippen molar-refractivity contribution in [1.82, 2.24) is 0 Å². The number of ketones is 1. The highest BCUT2D eigenvalue weighted by atomic mass is 16.3. The molecule has 0 unspecified atom stereocenters. The van der Waals surface area contributed by atoms with E-state index in [2.05, 4.69) is 6.92 Å². The molecule has 0 aliphatic heterocycles. The van der Waals surface area contributed by atoms with E-state index >= 15 is 0 Å². The molecule has 0 aliphatic rings. The fourth-order valence-corrected chi connectivity index (χ4v) is 2.21.